The smallest absolute Gasteiger partial charge is 0.258 e. The van der Waals surface area contributed by atoms with Gasteiger partial charge in [-0.2, -0.15) is 5.10 Å². The van der Waals surface area contributed by atoms with Crippen LogP contribution in [0.25, 0.3) is 0 Å². The van der Waals surface area contributed by atoms with Gasteiger partial charge in [0.2, 0.25) is 0 Å². The molecule has 5 rings (SSSR count). The molecule has 0 saturated heterocycles. The topological polar surface area (TPSA) is 56.6 Å². The lowest BCUT2D eigenvalue weighted by molar-refractivity contribution is 0.0985. The fourth-order valence-electron chi connectivity index (χ4n) is 3.53. The molecular weight excluding hydrogens is 410 g/mol. The molecule has 0 bridgehead atoms. The van der Waals surface area contributed by atoms with Crippen molar-refractivity contribution in [2.75, 3.05) is 18.1 Å². The first-order chi connectivity index (χ1) is 15.3. The van der Waals surface area contributed by atoms with Crippen LogP contribution in [0.3, 0.4) is 0 Å². The predicted molar refractivity (Wildman–Crippen MR) is 120 cm³/mol. The summed E-state index contributed by atoms with van der Waals surface area (Å²) in [5.74, 6) is 1.32. The highest BCUT2D eigenvalue weighted by Gasteiger charge is 2.21. The van der Waals surface area contributed by atoms with E-state index >= 15 is 0 Å². The fourth-order valence-corrected chi connectivity index (χ4v) is 4.22. The van der Waals surface area contributed by atoms with Crippen LogP contribution in [-0.4, -0.2) is 28.9 Å². The molecule has 1 amide bonds. The zero-order valence-corrected chi connectivity index (χ0v) is 17.6. The second-order valence-electron chi connectivity index (χ2n) is 7.20. The molecule has 0 atom stereocenters. The second-order valence-corrected chi connectivity index (χ2v) is 8.23. The fraction of sp³-hybridized carbons (Fsp3) is 0.167. The zero-order valence-electron chi connectivity index (χ0n) is 16.8. The largest absolute Gasteiger partial charge is 0.486 e. The lowest BCUT2D eigenvalue weighted by atomic mass is 10.1. The summed E-state index contributed by atoms with van der Waals surface area (Å²) in [5.41, 5.74) is 2.50. The summed E-state index contributed by atoms with van der Waals surface area (Å²) >= 11 is 1.63. The SMILES string of the molecule is O=C(c1ccc(Cn2cccn2)cc1)N(Cc1cccs1)c1ccc2c(c1)OCCO2. The van der Waals surface area contributed by atoms with Crippen molar-refractivity contribution in [3.8, 4) is 11.5 Å². The average molecular weight is 432 g/mol. The molecule has 31 heavy (non-hydrogen) atoms. The van der Waals surface area contributed by atoms with Gasteiger partial charge in [-0.3, -0.25) is 9.48 Å². The van der Waals surface area contributed by atoms with Crippen LogP contribution < -0.4 is 14.4 Å². The number of thiophene rings is 1. The molecule has 156 valence electrons. The van der Waals surface area contributed by atoms with Crippen LogP contribution in [0.2, 0.25) is 0 Å². The Hall–Kier alpha value is -3.58. The van der Waals surface area contributed by atoms with E-state index in [1.54, 1.807) is 22.4 Å². The van der Waals surface area contributed by atoms with Gasteiger partial charge in [-0.1, -0.05) is 18.2 Å². The molecule has 6 nitrogen and oxygen atoms in total. The number of hydrogen-bond acceptors (Lipinski definition) is 5. The Morgan fingerprint density at radius 3 is 2.61 bits per heavy atom. The van der Waals surface area contributed by atoms with E-state index in [4.69, 9.17) is 9.47 Å². The maximum atomic E-state index is 13.5. The van der Waals surface area contributed by atoms with Gasteiger partial charge in [0.1, 0.15) is 13.2 Å². The van der Waals surface area contributed by atoms with Gasteiger partial charge in [0, 0.05) is 34.6 Å². The number of nitrogens with zero attached hydrogens (tertiary/aromatic N) is 3. The highest BCUT2D eigenvalue weighted by molar-refractivity contribution is 7.09. The number of carbonyl (C=O) groups excluding carboxylic acids is 1. The third-order valence-electron chi connectivity index (χ3n) is 5.08. The van der Waals surface area contributed by atoms with E-state index in [0.717, 1.165) is 16.1 Å². The van der Waals surface area contributed by atoms with Crippen molar-refractivity contribution < 1.29 is 14.3 Å². The third kappa shape index (κ3) is 4.32. The molecule has 0 saturated carbocycles. The predicted octanol–water partition coefficient (Wildman–Crippen LogP) is 4.61. The van der Waals surface area contributed by atoms with E-state index in [0.29, 0.717) is 43.4 Å². The van der Waals surface area contributed by atoms with Crippen molar-refractivity contribution in [1.29, 1.82) is 0 Å². The highest BCUT2D eigenvalue weighted by Crippen LogP contribution is 2.35. The van der Waals surface area contributed by atoms with Crippen molar-refractivity contribution in [3.05, 3.63) is 94.4 Å². The molecule has 2 aromatic carbocycles. The van der Waals surface area contributed by atoms with Gasteiger partial charge < -0.3 is 14.4 Å². The number of hydrogen-bond donors (Lipinski definition) is 0. The zero-order chi connectivity index (χ0) is 21.0. The van der Waals surface area contributed by atoms with E-state index in [-0.39, 0.29) is 5.91 Å². The van der Waals surface area contributed by atoms with Crippen molar-refractivity contribution >= 4 is 22.9 Å². The number of amides is 1. The van der Waals surface area contributed by atoms with Gasteiger partial charge in [-0.25, -0.2) is 0 Å². The quantitative estimate of drug-likeness (QED) is 0.447. The molecule has 4 aromatic rings. The Bertz CT molecular complexity index is 1160. The molecule has 7 heteroatoms. The van der Waals surface area contributed by atoms with Crippen LogP contribution in [-0.2, 0) is 13.1 Å². The van der Waals surface area contributed by atoms with Gasteiger partial charge in [0.25, 0.3) is 5.91 Å². The van der Waals surface area contributed by atoms with Crippen molar-refractivity contribution in [1.82, 2.24) is 9.78 Å². The van der Waals surface area contributed by atoms with Gasteiger partial charge in [0.15, 0.2) is 11.5 Å². The Labute approximate surface area is 184 Å². The monoisotopic (exact) mass is 431 g/mol. The van der Waals surface area contributed by atoms with Gasteiger partial charge in [-0.05, 0) is 47.3 Å². The minimum Gasteiger partial charge on any atom is -0.486 e. The first kappa shape index (κ1) is 19.4. The van der Waals surface area contributed by atoms with Crippen molar-refractivity contribution in [2.45, 2.75) is 13.1 Å². The lowest BCUT2D eigenvalue weighted by Crippen LogP contribution is -2.30. The first-order valence-electron chi connectivity index (χ1n) is 10.1. The summed E-state index contributed by atoms with van der Waals surface area (Å²) in [6, 6.07) is 19.3. The summed E-state index contributed by atoms with van der Waals surface area (Å²) in [5, 5.41) is 6.25. The van der Waals surface area contributed by atoms with E-state index < -0.39 is 0 Å². The molecule has 0 fully saturated rings. The Balaban J connectivity index is 1.42. The number of ether oxygens (including phenoxy) is 2. The minimum absolute atomic E-state index is 0.0595. The molecule has 0 unspecified atom stereocenters. The number of carbonyl (C=O) groups is 1. The highest BCUT2D eigenvalue weighted by atomic mass is 32.1. The van der Waals surface area contributed by atoms with Gasteiger partial charge >= 0.3 is 0 Å². The third-order valence-corrected chi connectivity index (χ3v) is 5.94. The normalized spacial score (nSPS) is 12.5. The van der Waals surface area contributed by atoms with Crippen LogP contribution in [0, 0.1) is 0 Å². The Morgan fingerprint density at radius 1 is 1.03 bits per heavy atom. The Morgan fingerprint density at radius 2 is 1.87 bits per heavy atom. The molecule has 0 radical (unpaired) electrons. The summed E-state index contributed by atoms with van der Waals surface area (Å²) in [6.45, 7) is 2.20. The lowest BCUT2D eigenvalue weighted by Gasteiger charge is -2.25. The summed E-state index contributed by atoms with van der Waals surface area (Å²) in [7, 11) is 0. The molecule has 1 aliphatic rings. The van der Waals surface area contributed by atoms with Crippen LogP contribution in [0.4, 0.5) is 5.69 Å². The summed E-state index contributed by atoms with van der Waals surface area (Å²) < 4.78 is 13.2. The molecule has 2 aromatic heterocycles. The van der Waals surface area contributed by atoms with E-state index in [2.05, 4.69) is 5.10 Å². The molecule has 0 spiro atoms. The van der Waals surface area contributed by atoms with E-state index in [1.807, 2.05) is 76.9 Å². The van der Waals surface area contributed by atoms with Crippen molar-refractivity contribution in [2.24, 2.45) is 0 Å². The maximum Gasteiger partial charge on any atom is 0.258 e. The molecule has 0 N–H and O–H groups in total. The maximum absolute atomic E-state index is 13.5. The van der Waals surface area contributed by atoms with Crippen LogP contribution in [0.5, 0.6) is 11.5 Å². The molecule has 0 aliphatic carbocycles. The van der Waals surface area contributed by atoms with Crippen LogP contribution >= 0.6 is 11.3 Å². The number of rotatable bonds is 6. The van der Waals surface area contributed by atoms with Gasteiger partial charge in [0.05, 0.1) is 13.1 Å². The standard InChI is InChI=1S/C24H21N3O3S/c28-24(19-6-4-18(5-7-19)16-26-11-2-10-25-26)27(17-21-3-1-14-31-21)20-8-9-22-23(15-20)30-13-12-29-22/h1-11,14-15H,12-13,16-17H2. The van der Waals surface area contributed by atoms with E-state index in [9.17, 15) is 4.79 Å². The molecule has 1 aliphatic heterocycles. The average Bonchev–Trinajstić information content (AvgIpc) is 3.52. The van der Waals surface area contributed by atoms with Crippen LogP contribution in [0.1, 0.15) is 20.8 Å². The minimum atomic E-state index is -0.0595. The number of fused-ring (bicyclic) bond motifs is 1. The van der Waals surface area contributed by atoms with Crippen molar-refractivity contribution in [3.63, 3.8) is 0 Å². The number of anilines is 1. The molecular formula is C24H21N3O3S. The van der Waals surface area contributed by atoms with Gasteiger partial charge in [-0.15, -0.1) is 11.3 Å². The molecule has 3 heterocycles. The van der Waals surface area contributed by atoms with E-state index in [1.165, 1.54) is 0 Å². The number of benzene rings is 2. The summed E-state index contributed by atoms with van der Waals surface area (Å²) in [6.07, 6.45) is 3.68. The number of aromatic nitrogens is 2. The summed E-state index contributed by atoms with van der Waals surface area (Å²) in [4.78, 5) is 16.4. The van der Waals surface area contributed by atoms with Crippen LogP contribution in [0.15, 0.2) is 78.4 Å². The Kier molecular flexibility index (Phi) is 5.41. The second kappa shape index (κ2) is 8.65. The first-order valence-corrected chi connectivity index (χ1v) is 10.9.